The van der Waals surface area contributed by atoms with Crippen LogP contribution in [0.25, 0.3) is 0 Å². The highest BCUT2D eigenvalue weighted by Crippen LogP contribution is 1.97. The van der Waals surface area contributed by atoms with Crippen LogP contribution >= 0.6 is 0 Å². The van der Waals surface area contributed by atoms with Gasteiger partial charge in [-0.05, 0) is 26.7 Å². The van der Waals surface area contributed by atoms with Crippen molar-refractivity contribution in [3.05, 3.63) is 0 Å². The molecular formula is C23H41N5O7. The number of ether oxygens (including phenoxy) is 1. The molecule has 0 aromatic heterocycles. The summed E-state index contributed by atoms with van der Waals surface area (Å²) >= 11 is 0. The predicted molar refractivity (Wildman–Crippen MR) is 129 cm³/mol. The first-order valence-corrected chi connectivity index (χ1v) is 11.8. The average molecular weight is 500 g/mol. The highest BCUT2D eigenvalue weighted by Gasteiger charge is 2.23. The normalized spacial score (nSPS) is 13.4. The van der Waals surface area contributed by atoms with Crippen molar-refractivity contribution in [2.45, 2.75) is 73.0 Å². The second-order valence-corrected chi connectivity index (χ2v) is 9.10. The topological polar surface area (TPSA) is 172 Å². The summed E-state index contributed by atoms with van der Waals surface area (Å²) in [5, 5.41) is 12.7. The first-order chi connectivity index (χ1) is 16.2. The summed E-state index contributed by atoms with van der Waals surface area (Å²) in [5.41, 5.74) is 0. The number of hydrogen-bond acceptors (Lipinski definition) is 7. The molecule has 0 spiro atoms. The van der Waals surface area contributed by atoms with Crippen molar-refractivity contribution in [2.24, 2.45) is 11.8 Å². The van der Waals surface area contributed by atoms with Gasteiger partial charge in [0.1, 0.15) is 31.3 Å². The monoisotopic (exact) mass is 499 g/mol. The number of amides is 5. The van der Waals surface area contributed by atoms with Gasteiger partial charge in [-0.1, -0.05) is 27.7 Å². The Labute approximate surface area is 207 Å². The van der Waals surface area contributed by atoms with Crippen molar-refractivity contribution in [2.75, 3.05) is 26.3 Å². The van der Waals surface area contributed by atoms with Gasteiger partial charge in [0, 0.05) is 25.4 Å². The van der Waals surface area contributed by atoms with Crippen molar-refractivity contribution in [1.82, 2.24) is 26.6 Å². The van der Waals surface area contributed by atoms with Crippen LogP contribution in [0.2, 0.25) is 0 Å². The van der Waals surface area contributed by atoms with Crippen molar-refractivity contribution in [1.29, 1.82) is 0 Å². The first kappa shape index (κ1) is 32.0. The van der Waals surface area contributed by atoms with Gasteiger partial charge in [-0.25, -0.2) is 0 Å². The molecule has 0 radical (unpaired) electrons. The summed E-state index contributed by atoms with van der Waals surface area (Å²) in [6, 6.07) is -2.78. The van der Waals surface area contributed by atoms with Crippen LogP contribution in [0.3, 0.4) is 0 Å². The van der Waals surface area contributed by atoms with E-state index in [0.29, 0.717) is 6.42 Å². The zero-order valence-electron chi connectivity index (χ0n) is 21.8. The zero-order valence-corrected chi connectivity index (χ0v) is 21.8. The van der Waals surface area contributed by atoms with Crippen molar-refractivity contribution in [3.8, 4) is 0 Å². The number of Topliss-reactive ketones (excluding diaryl/α,β-unsaturated/α-hetero) is 1. The first-order valence-electron chi connectivity index (χ1n) is 11.8. The summed E-state index contributed by atoms with van der Waals surface area (Å²) < 4.78 is 5.03. The lowest BCUT2D eigenvalue weighted by Gasteiger charge is -2.20. The summed E-state index contributed by atoms with van der Waals surface area (Å²) in [6.07, 6.45) is 0.402. The van der Waals surface area contributed by atoms with Gasteiger partial charge >= 0.3 is 0 Å². The van der Waals surface area contributed by atoms with Gasteiger partial charge < -0.3 is 31.3 Å². The summed E-state index contributed by atoms with van der Waals surface area (Å²) in [6.45, 7) is 11.6. The molecule has 0 saturated heterocycles. The Morgan fingerprint density at radius 3 is 1.60 bits per heavy atom. The molecule has 12 heteroatoms. The molecule has 0 aromatic rings. The molecule has 200 valence electrons. The molecule has 0 aromatic carbocycles. The van der Waals surface area contributed by atoms with E-state index in [9.17, 15) is 28.8 Å². The molecule has 0 saturated carbocycles. The Morgan fingerprint density at radius 1 is 0.600 bits per heavy atom. The van der Waals surface area contributed by atoms with Crippen LogP contribution in [0.5, 0.6) is 0 Å². The SMILES string of the molecule is CC(C)CC(=O)NCCNC(=O)C(C)NC(=O)C(C)NC(=O)C(C)NC(=O)COCC(=O)C(C)C. The average Bonchev–Trinajstić information content (AvgIpc) is 2.75. The van der Waals surface area contributed by atoms with E-state index in [1.807, 2.05) is 13.8 Å². The standard InChI is InChI=1S/C23H41N5O7/c1-13(2)10-19(30)24-8-9-25-21(32)15(5)27-23(34)17(7)28-22(33)16(6)26-20(31)12-35-11-18(29)14(3)4/h13-17H,8-12H2,1-7H3,(H,24,30)(H,25,32)(H,26,31)(H,27,34)(H,28,33). The molecule has 3 unspecified atom stereocenters. The van der Waals surface area contributed by atoms with E-state index in [1.165, 1.54) is 20.8 Å². The lowest BCUT2D eigenvalue weighted by Crippen LogP contribution is -2.55. The maximum atomic E-state index is 12.3. The van der Waals surface area contributed by atoms with Crippen LogP contribution in [0, 0.1) is 11.8 Å². The third-order valence-corrected chi connectivity index (χ3v) is 4.74. The van der Waals surface area contributed by atoms with Gasteiger partial charge in [-0.2, -0.15) is 0 Å². The Kier molecular flexibility index (Phi) is 15.1. The van der Waals surface area contributed by atoms with Crippen LogP contribution in [0.4, 0.5) is 0 Å². The molecule has 35 heavy (non-hydrogen) atoms. The predicted octanol–water partition coefficient (Wildman–Crippen LogP) is -0.979. The molecule has 12 nitrogen and oxygen atoms in total. The second kappa shape index (κ2) is 16.6. The van der Waals surface area contributed by atoms with E-state index in [-0.39, 0.29) is 49.8 Å². The highest BCUT2D eigenvalue weighted by molar-refractivity contribution is 5.94. The van der Waals surface area contributed by atoms with Crippen molar-refractivity contribution >= 4 is 35.3 Å². The van der Waals surface area contributed by atoms with E-state index >= 15 is 0 Å². The zero-order chi connectivity index (χ0) is 27.1. The Morgan fingerprint density at radius 2 is 1.09 bits per heavy atom. The van der Waals surface area contributed by atoms with Gasteiger partial charge in [-0.3, -0.25) is 28.8 Å². The fraction of sp³-hybridized carbons (Fsp3) is 0.739. The van der Waals surface area contributed by atoms with E-state index < -0.39 is 41.8 Å². The maximum Gasteiger partial charge on any atom is 0.246 e. The lowest BCUT2D eigenvalue weighted by molar-refractivity contribution is -0.135. The minimum absolute atomic E-state index is 0.0978. The molecule has 0 aliphatic carbocycles. The molecule has 0 aliphatic rings. The van der Waals surface area contributed by atoms with Crippen LogP contribution < -0.4 is 26.6 Å². The van der Waals surface area contributed by atoms with Crippen LogP contribution in [-0.2, 0) is 33.5 Å². The Hall–Kier alpha value is -3.02. The number of ketones is 1. The van der Waals surface area contributed by atoms with E-state index in [1.54, 1.807) is 13.8 Å². The lowest BCUT2D eigenvalue weighted by atomic mass is 10.1. The van der Waals surface area contributed by atoms with Gasteiger partial charge in [0.25, 0.3) is 0 Å². The van der Waals surface area contributed by atoms with E-state index in [0.717, 1.165) is 0 Å². The summed E-state index contributed by atoms with van der Waals surface area (Å²) in [5.74, 6) is -2.40. The Balaban J connectivity index is 4.31. The number of hydrogen-bond donors (Lipinski definition) is 5. The fourth-order valence-corrected chi connectivity index (χ4v) is 2.55. The van der Waals surface area contributed by atoms with E-state index in [4.69, 9.17) is 4.74 Å². The molecular weight excluding hydrogens is 458 g/mol. The number of rotatable bonds is 16. The quantitative estimate of drug-likeness (QED) is 0.170. The molecule has 0 fully saturated rings. The fourth-order valence-electron chi connectivity index (χ4n) is 2.55. The van der Waals surface area contributed by atoms with E-state index in [2.05, 4.69) is 26.6 Å². The minimum Gasteiger partial charge on any atom is -0.364 e. The number of carbonyl (C=O) groups excluding carboxylic acids is 6. The van der Waals surface area contributed by atoms with Crippen LogP contribution in [0.1, 0.15) is 54.9 Å². The number of carbonyl (C=O) groups is 6. The minimum atomic E-state index is -0.965. The third kappa shape index (κ3) is 14.8. The van der Waals surface area contributed by atoms with Gasteiger partial charge in [0.2, 0.25) is 29.5 Å². The molecule has 0 rings (SSSR count). The summed E-state index contributed by atoms with van der Waals surface area (Å²) in [4.78, 5) is 71.7. The highest BCUT2D eigenvalue weighted by atomic mass is 16.5. The van der Waals surface area contributed by atoms with Gasteiger partial charge in [0.15, 0.2) is 5.78 Å². The number of nitrogens with one attached hydrogen (secondary N) is 5. The molecule has 0 aliphatic heterocycles. The Bertz CT molecular complexity index is 755. The molecule has 5 amide bonds. The van der Waals surface area contributed by atoms with Crippen LogP contribution in [-0.4, -0.2) is 79.7 Å². The van der Waals surface area contributed by atoms with Gasteiger partial charge in [-0.15, -0.1) is 0 Å². The second-order valence-electron chi connectivity index (χ2n) is 9.10. The smallest absolute Gasteiger partial charge is 0.246 e. The van der Waals surface area contributed by atoms with Crippen molar-refractivity contribution < 1.29 is 33.5 Å². The molecule has 0 bridgehead atoms. The molecule has 3 atom stereocenters. The maximum absolute atomic E-state index is 12.3. The largest absolute Gasteiger partial charge is 0.364 e. The summed E-state index contributed by atoms with van der Waals surface area (Å²) in [7, 11) is 0. The third-order valence-electron chi connectivity index (χ3n) is 4.74. The van der Waals surface area contributed by atoms with Crippen molar-refractivity contribution in [3.63, 3.8) is 0 Å². The molecule has 5 N–H and O–H groups in total. The molecule has 0 heterocycles. The van der Waals surface area contributed by atoms with Crippen LogP contribution in [0.15, 0.2) is 0 Å². The van der Waals surface area contributed by atoms with Gasteiger partial charge in [0.05, 0.1) is 0 Å².